The Hall–Kier alpha value is -1.30. The van der Waals surface area contributed by atoms with E-state index >= 15 is 0 Å². The molecule has 0 unspecified atom stereocenters. The third-order valence-electron chi connectivity index (χ3n) is 2.87. The molecule has 0 aliphatic rings. The molecular weight excluding hydrogens is 288 g/mol. The third kappa shape index (κ3) is 11.1. The van der Waals surface area contributed by atoms with Crippen LogP contribution in [0.4, 0.5) is 0 Å². The predicted molar refractivity (Wildman–Crippen MR) is 87.1 cm³/mol. The molecule has 0 aliphatic heterocycles. The highest BCUT2D eigenvalue weighted by molar-refractivity contribution is 8.14. The minimum absolute atomic E-state index is 0.0143. The van der Waals surface area contributed by atoms with E-state index in [1.165, 1.54) is 18.7 Å². The number of hydrogen-bond donors (Lipinski definition) is 1. The molecule has 0 fully saturated rings. The first-order valence-corrected chi connectivity index (χ1v) is 8.15. The second-order valence-corrected chi connectivity index (χ2v) is 6.03. The summed E-state index contributed by atoms with van der Waals surface area (Å²) in [5.74, 6) is 0.608. The number of amides is 2. The highest BCUT2D eigenvalue weighted by atomic mass is 32.2. The van der Waals surface area contributed by atoms with Crippen molar-refractivity contribution >= 4 is 28.7 Å². The standard InChI is InChI=1S/C15H26N2O3S/c1-12(2)15(20)21-11-10-17(14(4)19)9-7-5-6-8-16-13(3)18/h1,5-11H2,2-4H3,(H,16,18). The van der Waals surface area contributed by atoms with Crippen molar-refractivity contribution in [2.75, 3.05) is 25.4 Å². The van der Waals surface area contributed by atoms with Crippen LogP contribution in [0.25, 0.3) is 0 Å². The van der Waals surface area contributed by atoms with Gasteiger partial charge in [-0.25, -0.2) is 0 Å². The summed E-state index contributed by atoms with van der Waals surface area (Å²) in [7, 11) is 0. The van der Waals surface area contributed by atoms with Crippen molar-refractivity contribution in [3.63, 3.8) is 0 Å². The molecule has 6 heteroatoms. The number of carbonyl (C=O) groups is 3. The first-order chi connectivity index (χ1) is 9.84. The van der Waals surface area contributed by atoms with Crippen LogP contribution in [0.3, 0.4) is 0 Å². The van der Waals surface area contributed by atoms with Gasteiger partial charge in [-0.3, -0.25) is 14.4 Å². The molecule has 0 rings (SSSR count). The maximum atomic E-state index is 11.5. The van der Waals surface area contributed by atoms with Crippen molar-refractivity contribution in [3.8, 4) is 0 Å². The summed E-state index contributed by atoms with van der Waals surface area (Å²) in [4.78, 5) is 35.4. The number of unbranched alkanes of at least 4 members (excludes halogenated alkanes) is 2. The fourth-order valence-corrected chi connectivity index (χ4v) is 2.41. The Morgan fingerprint density at radius 1 is 1.05 bits per heavy atom. The minimum atomic E-state index is -0.0196. The molecule has 0 aromatic heterocycles. The highest BCUT2D eigenvalue weighted by Gasteiger charge is 2.10. The zero-order valence-corrected chi connectivity index (χ0v) is 14.1. The number of rotatable bonds is 10. The van der Waals surface area contributed by atoms with E-state index in [1.807, 2.05) is 0 Å². The average molecular weight is 314 g/mol. The first kappa shape index (κ1) is 19.7. The van der Waals surface area contributed by atoms with Crippen molar-refractivity contribution in [2.24, 2.45) is 0 Å². The summed E-state index contributed by atoms with van der Waals surface area (Å²) in [6.45, 7) is 10.3. The van der Waals surface area contributed by atoms with E-state index in [0.717, 1.165) is 19.3 Å². The molecule has 0 spiro atoms. The monoisotopic (exact) mass is 314 g/mol. The lowest BCUT2D eigenvalue weighted by Crippen LogP contribution is -2.32. The molecule has 0 aromatic rings. The van der Waals surface area contributed by atoms with E-state index in [-0.39, 0.29) is 16.9 Å². The smallest absolute Gasteiger partial charge is 0.219 e. The van der Waals surface area contributed by atoms with E-state index in [2.05, 4.69) is 11.9 Å². The molecular formula is C15H26N2O3S. The molecule has 0 saturated carbocycles. The van der Waals surface area contributed by atoms with Gasteiger partial charge in [0.1, 0.15) is 0 Å². The molecule has 0 aromatic carbocycles. The lowest BCUT2D eigenvalue weighted by molar-refractivity contribution is -0.128. The number of hydrogen-bond acceptors (Lipinski definition) is 4. The van der Waals surface area contributed by atoms with E-state index in [4.69, 9.17) is 0 Å². The van der Waals surface area contributed by atoms with Gasteiger partial charge >= 0.3 is 0 Å². The third-order valence-corrected chi connectivity index (χ3v) is 3.86. The molecule has 5 nitrogen and oxygen atoms in total. The second kappa shape index (κ2) is 11.4. The predicted octanol–water partition coefficient (Wildman–Crippen LogP) is 1.98. The van der Waals surface area contributed by atoms with E-state index in [0.29, 0.717) is 31.0 Å². The molecule has 0 bridgehead atoms. The summed E-state index contributed by atoms with van der Waals surface area (Å²) in [5, 5.41) is 2.73. The van der Waals surface area contributed by atoms with Crippen molar-refractivity contribution in [2.45, 2.75) is 40.0 Å². The fraction of sp³-hybridized carbons (Fsp3) is 0.667. The molecule has 0 radical (unpaired) electrons. The number of carbonyl (C=O) groups excluding carboxylic acids is 3. The molecule has 2 amide bonds. The summed E-state index contributed by atoms with van der Waals surface area (Å²) >= 11 is 1.20. The quantitative estimate of drug-likeness (QED) is 0.494. The molecule has 120 valence electrons. The molecule has 0 heterocycles. The largest absolute Gasteiger partial charge is 0.356 e. The second-order valence-electron chi connectivity index (χ2n) is 4.97. The van der Waals surface area contributed by atoms with Gasteiger partial charge in [0, 0.05) is 39.2 Å². The van der Waals surface area contributed by atoms with Gasteiger partial charge in [0.05, 0.1) is 0 Å². The summed E-state index contributed by atoms with van der Waals surface area (Å²) < 4.78 is 0. The lowest BCUT2D eigenvalue weighted by atomic mass is 10.2. The molecule has 0 atom stereocenters. The van der Waals surface area contributed by atoms with Gasteiger partial charge in [-0.2, -0.15) is 0 Å². The van der Waals surface area contributed by atoms with E-state index in [1.54, 1.807) is 18.7 Å². The van der Waals surface area contributed by atoms with Gasteiger partial charge in [-0.05, 0) is 31.8 Å². The van der Waals surface area contributed by atoms with Crippen molar-refractivity contribution in [1.29, 1.82) is 0 Å². The zero-order valence-electron chi connectivity index (χ0n) is 13.2. The Balaban J connectivity index is 3.82. The van der Waals surface area contributed by atoms with Crippen LogP contribution in [0, 0.1) is 0 Å². The van der Waals surface area contributed by atoms with Gasteiger partial charge in [-0.1, -0.05) is 18.3 Å². The average Bonchev–Trinajstić information content (AvgIpc) is 2.39. The topological polar surface area (TPSA) is 66.5 Å². The van der Waals surface area contributed by atoms with E-state index in [9.17, 15) is 14.4 Å². The Kier molecular flexibility index (Phi) is 10.7. The fourth-order valence-electron chi connectivity index (χ4n) is 1.67. The van der Waals surface area contributed by atoms with Gasteiger partial charge in [0.15, 0.2) is 0 Å². The van der Waals surface area contributed by atoms with Crippen LogP contribution in [-0.2, 0) is 14.4 Å². The maximum Gasteiger partial charge on any atom is 0.219 e. The van der Waals surface area contributed by atoms with Gasteiger partial charge in [0.25, 0.3) is 0 Å². The van der Waals surface area contributed by atoms with Crippen molar-refractivity contribution in [3.05, 3.63) is 12.2 Å². The molecule has 0 saturated heterocycles. The van der Waals surface area contributed by atoms with Gasteiger partial charge < -0.3 is 10.2 Å². The van der Waals surface area contributed by atoms with Gasteiger partial charge in [-0.15, -0.1) is 0 Å². The van der Waals surface area contributed by atoms with Crippen molar-refractivity contribution in [1.82, 2.24) is 10.2 Å². The first-order valence-electron chi connectivity index (χ1n) is 7.17. The summed E-state index contributed by atoms with van der Waals surface area (Å²) in [5.41, 5.74) is 0.535. The normalized spacial score (nSPS) is 10.0. The molecule has 1 N–H and O–H groups in total. The number of thioether (sulfide) groups is 1. The summed E-state index contributed by atoms with van der Waals surface area (Å²) in [6.07, 6.45) is 2.77. The summed E-state index contributed by atoms with van der Waals surface area (Å²) in [6, 6.07) is 0. The van der Waals surface area contributed by atoms with Crippen LogP contribution < -0.4 is 5.32 Å². The van der Waals surface area contributed by atoms with Crippen molar-refractivity contribution < 1.29 is 14.4 Å². The lowest BCUT2D eigenvalue weighted by Gasteiger charge is -2.20. The SMILES string of the molecule is C=C(C)C(=O)SCCN(CCCCCNC(C)=O)C(C)=O. The van der Waals surface area contributed by atoms with E-state index < -0.39 is 0 Å². The number of nitrogens with one attached hydrogen (secondary N) is 1. The van der Waals surface area contributed by atoms with Crippen LogP contribution in [0.2, 0.25) is 0 Å². The number of nitrogens with zero attached hydrogens (tertiary/aromatic N) is 1. The maximum absolute atomic E-state index is 11.5. The Labute approximate surface area is 131 Å². The molecule has 0 aliphatic carbocycles. The Bertz CT molecular complexity index is 383. The highest BCUT2D eigenvalue weighted by Crippen LogP contribution is 2.09. The minimum Gasteiger partial charge on any atom is -0.356 e. The zero-order chi connectivity index (χ0) is 16.3. The Morgan fingerprint density at radius 3 is 2.24 bits per heavy atom. The van der Waals surface area contributed by atoms with Gasteiger partial charge in [0.2, 0.25) is 16.9 Å². The van der Waals surface area contributed by atoms with Crippen LogP contribution in [0.5, 0.6) is 0 Å². The Morgan fingerprint density at radius 2 is 1.71 bits per heavy atom. The molecule has 21 heavy (non-hydrogen) atoms. The van der Waals surface area contributed by atoms with Crippen LogP contribution in [-0.4, -0.2) is 47.2 Å². The van der Waals surface area contributed by atoms with Crippen LogP contribution in [0.15, 0.2) is 12.2 Å². The van der Waals surface area contributed by atoms with Crippen LogP contribution in [0.1, 0.15) is 40.0 Å². The van der Waals surface area contributed by atoms with Crippen LogP contribution >= 0.6 is 11.8 Å².